The number of nitrogens with one attached hydrogen (secondary N) is 1. The van der Waals surface area contributed by atoms with Crippen LogP contribution in [0.3, 0.4) is 0 Å². The van der Waals surface area contributed by atoms with Gasteiger partial charge in [0.25, 0.3) is 0 Å². The highest BCUT2D eigenvalue weighted by Gasteiger charge is 2.13. The normalized spacial score (nSPS) is 12.7. The van der Waals surface area contributed by atoms with E-state index in [0.29, 0.717) is 6.04 Å². The lowest BCUT2D eigenvalue weighted by Gasteiger charge is -2.10. The van der Waals surface area contributed by atoms with E-state index in [1.807, 2.05) is 42.8 Å². The number of hydrogen-bond acceptors (Lipinski definition) is 3. The van der Waals surface area contributed by atoms with Crippen LogP contribution in [0.25, 0.3) is 21.3 Å². The molecule has 0 amide bonds. The second-order valence-electron chi connectivity index (χ2n) is 4.95. The first kappa shape index (κ1) is 14.5. The van der Waals surface area contributed by atoms with Gasteiger partial charge in [-0.1, -0.05) is 18.5 Å². The van der Waals surface area contributed by atoms with Crippen molar-refractivity contribution >= 4 is 33.8 Å². The van der Waals surface area contributed by atoms with Gasteiger partial charge in [-0.3, -0.25) is 4.98 Å². The summed E-state index contributed by atoms with van der Waals surface area (Å²) in [5, 5.41) is 5.11. The van der Waals surface area contributed by atoms with Crippen LogP contribution in [0.1, 0.15) is 24.3 Å². The van der Waals surface area contributed by atoms with Crippen LogP contribution in [0.4, 0.5) is 0 Å². The van der Waals surface area contributed by atoms with Gasteiger partial charge in [-0.25, -0.2) is 0 Å². The van der Waals surface area contributed by atoms with E-state index in [4.69, 9.17) is 11.6 Å². The molecule has 0 saturated carbocycles. The lowest BCUT2D eigenvalue weighted by atomic mass is 10.1. The molecule has 0 bridgehead atoms. The van der Waals surface area contributed by atoms with Crippen molar-refractivity contribution in [2.45, 2.75) is 19.4 Å². The van der Waals surface area contributed by atoms with Gasteiger partial charge in [0.05, 0.1) is 10.5 Å². The minimum atomic E-state index is 0.412. The van der Waals surface area contributed by atoms with Crippen molar-refractivity contribution < 1.29 is 0 Å². The lowest BCUT2D eigenvalue weighted by Crippen LogP contribution is -2.13. The molecule has 0 aliphatic carbocycles. The first-order valence-electron chi connectivity index (χ1n) is 7.05. The molecule has 0 fully saturated rings. The van der Waals surface area contributed by atoms with Crippen LogP contribution >= 0.6 is 22.9 Å². The Labute approximate surface area is 133 Å². The molecular weight excluding hydrogens is 300 g/mol. The maximum atomic E-state index is 6.27. The Morgan fingerprint density at radius 3 is 2.86 bits per heavy atom. The summed E-state index contributed by atoms with van der Waals surface area (Å²) in [5.74, 6) is 0. The van der Waals surface area contributed by atoms with Gasteiger partial charge in [0.15, 0.2) is 0 Å². The van der Waals surface area contributed by atoms with E-state index < -0.39 is 0 Å². The van der Waals surface area contributed by atoms with E-state index >= 15 is 0 Å². The second kappa shape index (κ2) is 6.14. The molecule has 0 aliphatic rings. The molecule has 0 radical (unpaired) electrons. The number of thiophene rings is 1. The van der Waals surface area contributed by atoms with Crippen molar-refractivity contribution in [3.63, 3.8) is 0 Å². The molecule has 0 spiro atoms. The molecular formula is C17H17ClN2S. The predicted molar refractivity (Wildman–Crippen MR) is 92.2 cm³/mol. The molecule has 4 heteroatoms. The van der Waals surface area contributed by atoms with Gasteiger partial charge in [-0.05, 0) is 49.9 Å². The number of aromatic nitrogens is 1. The van der Waals surface area contributed by atoms with Gasteiger partial charge < -0.3 is 5.32 Å². The zero-order valence-corrected chi connectivity index (χ0v) is 13.6. The third kappa shape index (κ3) is 2.69. The zero-order chi connectivity index (χ0) is 14.8. The fourth-order valence-electron chi connectivity index (χ4n) is 2.57. The largest absolute Gasteiger partial charge is 0.312 e. The number of benzene rings is 1. The minimum absolute atomic E-state index is 0.412. The monoisotopic (exact) mass is 316 g/mol. The molecule has 1 aromatic carbocycles. The summed E-state index contributed by atoms with van der Waals surface area (Å²) in [4.78, 5) is 7.11. The van der Waals surface area contributed by atoms with E-state index in [1.54, 1.807) is 0 Å². The molecule has 1 unspecified atom stereocenters. The number of fused-ring (bicyclic) bond motifs is 1. The van der Waals surface area contributed by atoms with Crippen molar-refractivity contribution in [2.24, 2.45) is 0 Å². The van der Waals surface area contributed by atoms with Gasteiger partial charge in [-0.2, -0.15) is 0 Å². The summed E-state index contributed by atoms with van der Waals surface area (Å²) in [5.41, 5.74) is 2.12. The molecule has 3 aromatic rings. The Kier molecular flexibility index (Phi) is 4.24. The average molecular weight is 317 g/mol. The Bertz CT molecular complexity index is 762. The Balaban J connectivity index is 2.11. The Morgan fingerprint density at radius 1 is 1.24 bits per heavy atom. The zero-order valence-electron chi connectivity index (χ0n) is 12.1. The molecule has 0 saturated heterocycles. The van der Waals surface area contributed by atoms with Gasteiger partial charge >= 0.3 is 0 Å². The molecule has 2 heterocycles. The summed E-state index contributed by atoms with van der Waals surface area (Å²) in [6, 6.07) is 12.8. The van der Waals surface area contributed by atoms with Gasteiger partial charge in [0, 0.05) is 32.9 Å². The van der Waals surface area contributed by atoms with Crippen LogP contribution in [0.15, 0.2) is 42.6 Å². The first-order chi connectivity index (χ1) is 10.2. The number of halogens is 1. The van der Waals surface area contributed by atoms with Crippen LogP contribution in [0.2, 0.25) is 5.02 Å². The first-order valence-corrected chi connectivity index (χ1v) is 8.24. The molecule has 108 valence electrons. The average Bonchev–Trinajstić information content (AvgIpc) is 2.99. The van der Waals surface area contributed by atoms with Crippen molar-refractivity contribution in [2.75, 3.05) is 7.05 Å². The van der Waals surface area contributed by atoms with Crippen LogP contribution in [0, 0.1) is 0 Å². The molecule has 2 aromatic heterocycles. The number of nitrogens with zero attached hydrogens (tertiary/aromatic N) is 1. The summed E-state index contributed by atoms with van der Waals surface area (Å²) in [6.07, 6.45) is 2.90. The smallest absolute Gasteiger partial charge is 0.0803 e. The molecule has 0 aliphatic heterocycles. The van der Waals surface area contributed by atoms with E-state index in [-0.39, 0.29) is 0 Å². The van der Waals surface area contributed by atoms with Gasteiger partial charge in [-0.15, -0.1) is 11.3 Å². The van der Waals surface area contributed by atoms with Crippen LogP contribution in [-0.4, -0.2) is 12.0 Å². The SMILES string of the molecule is CCC(NC)c1ccc(-c2ccc(Cl)c3cccnc23)s1. The highest BCUT2D eigenvalue weighted by atomic mass is 35.5. The van der Waals surface area contributed by atoms with E-state index in [1.165, 1.54) is 9.75 Å². The number of rotatable bonds is 4. The number of pyridine rings is 1. The maximum Gasteiger partial charge on any atom is 0.0803 e. The standard InChI is InChI=1S/C17H17ClN2S/c1-3-14(19-2)16-9-8-15(21-16)12-6-7-13(18)11-5-4-10-20-17(11)12/h4-10,14,19H,3H2,1-2H3. The summed E-state index contributed by atoms with van der Waals surface area (Å²) >= 11 is 8.09. The molecule has 21 heavy (non-hydrogen) atoms. The molecule has 2 nitrogen and oxygen atoms in total. The van der Waals surface area contributed by atoms with Crippen molar-refractivity contribution in [3.05, 3.63) is 52.5 Å². The summed E-state index contributed by atoms with van der Waals surface area (Å²) in [7, 11) is 2.01. The molecule has 1 atom stereocenters. The summed E-state index contributed by atoms with van der Waals surface area (Å²) < 4.78 is 0. The summed E-state index contributed by atoms with van der Waals surface area (Å²) in [6.45, 7) is 2.19. The van der Waals surface area contributed by atoms with E-state index in [9.17, 15) is 0 Å². The molecule has 1 N–H and O–H groups in total. The maximum absolute atomic E-state index is 6.27. The van der Waals surface area contributed by atoms with Crippen molar-refractivity contribution in [1.82, 2.24) is 10.3 Å². The van der Waals surface area contributed by atoms with Crippen LogP contribution < -0.4 is 5.32 Å². The van der Waals surface area contributed by atoms with Crippen molar-refractivity contribution in [1.29, 1.82) is 0 Å². The highest BCUT2D eigenvalue weighted by molar-refractivity contribution is 7.15. The quantitative estimate of drug-likeness (QED) is 0.707. The number of hydrogen-bond donors (Lipinski definition) is 1. The predicted octanol–water partition coefficient (Wildman–Crippen LogP) is 5.29. The second-order valence-corrected chi connectivity index (χ2v) is 6.47. The molecule has 3 rings (SSSR count). The third-order valence-electron chi connectivity index (χ3n) is 3.71. The fraction of sp³-hybridized carbons (Fsp3) is 0.235. The van der Waals surface area contributed by atoms with Gasteiger partial charge in [0.1, 0.15) is 0 Å². The van der Waals surface area contributed by atoms with Crippen LogP contribution in [-0.2, 0) is 0 Å². The van der Waals surface area contributed by atoms with E-state index in [2.05, 4.69) is 35.4 Å². The Morgan fingerprint density at radius 2 is 2.10 bits per heavy atom. The topological polar surface area (TPSA) is 24.9 Å². The van der Waals surface area contributed by atoms with Crippen molar-refractivity contribution in [3.8, 4) is 10.4 Å². The Hall–Kier alpha value is -1.42. The third-order valence-corrected chi connectivity index (χ3v) is 5.27. The van der Waals surface area contributed by atoms with E-state index in [0.717, 1.165) is 27.9 Å². The fourth-order valence-corrected chi connectivity index (χ4v) is 4.01. The van der Waals surface area contributed by atoms with Gasteiger partial charge in [0.2, 0.25) is 0 Å². The van der Waals surface area contributed by atoms with Crippen LogP contribution in [0.5, 0.6) is 0 Å². The highest BCUT2D eigenvalue weighted by Crippen LogP contribution is 2.37. The lowest BCUT2D eigenvalue weighted by molar-refractivity contribution is 0.586. The minimum Gasteiger partial charge on any atom is -0.312 e.